The SMILES string of the molecule is CC(C)Cn1ncnc1CNCCC1CCCO1. The fourth-order valence-electron chi connectivity index (χ4n) is 2.26. The van der Waals surface area contributed by atoms with Gasteiger partial charge >= 0.3 is 0 Å². The smallest absolute Gasteiger partial charge is 0.140 e. The second-order valence-electron chi connectivity index (χ2n) is 5.35. The molecule has 1 aromatic rings. The highest BCUT2D eigenvalue weighted by Gasteiger charge is 2.14. The Hall–Kier alpha value is -0.940. The van der Waals surface area contributed by atoms with Crippen molar-refractivity contribution in [3.63, 3.8) is 0 Å². The van der Waals surface area contributed by atoms with Crippen molar-refractivity contribution in [2.45, 2.75) is 52.3 Å². The maximum Gasteiger partial charge on any atom is 0.140 e. The molecule has 0 aromatic carbocycles. The van der Waals surface area contributed by atoms with E-state index in [9.17, 15) is 0 Å². The number of aromatic nitrogens is 3. The molecule has 5 nitrogen and oxygen atoms in total. The molecule has 1 unspecified atom stereocenters. The second-order valence-corrected chi connectivity index (χ2v) is 5.35. The van der Waals surface area contributed by atoms with E-state index in [0.29, 0.717) is 12.0 Å². The van der Waals surface area contributed by atoms with Crippen LogP contribution >= 0.6 is 0 Å². The van der Waals surface area contributed by atoms with Gasteiger partial charge in [0.05, 0.1) is 12.6 Å². The number of hydrogen-bond donors (Lipinski definition) is 1. The fourth-order valence-corrected chi connectivity index (χ4v) is 2.26. The minimum absolute atomic E-state index is 0.464. The quantitative estimate of drug-likeness (QED) is 0.749. The predicted octanol–water partition coefficient (Wildman–Crippen LogP) is 1.59. The van der Waals surface area contributed by atoms with Crippen LogP contribution in [0.15, 0.2) is 6.33 Å². The Balaban J connectivity index is 1.67. The standard InChI is InChI=1S/C13H24N4O/c1-11(2)9-17-13(15-10-16-17)8-14-6-5-12-4-3-7-18-12/h10-12,14H,3-9H2,1-2H3. The van der Waals surface area contributed by atoms with E-state index >= 15 is 0 Å². The van der Waals surface area contributed by atoms with Gasteiger partial charge in [-0.15, -0.1) is 0 Å². The number of ether oxygens (including phenoxy) is 1. The van der Waals surface area contributed by atoms with E-state index in [4.69, 9.17) is 4.74 Å². The number of hydrogen-bond acceptors (Lipinski definition) is 4. The summed E-state index contributed by atoms with van der Waals surface area (Å²) >= 11 is 0. The molecule has 1 aliphatic heterocycles. The zero-order valence-electron chi connectivity index (χ0n) is 11.4. The van der Waals surface area contributed by atoms with Crippen molar-refractivity contribution in [1.29, 1.82) is 0 Å². The van der Waals surface area contributed by atoms with Crippen LogP contribution in [0.25, 0.3) is 0 Å². The summed E-state index contributed by atoms with van der Waals surface area (Å²) in [7, 11) is 0. The molecule has 2 rings (SSSR count). The van der Waals surface area contributed by atoms with Crippen LogP contribution in [0, 0.1) is 5.92 Å². The first-order chi connectivity index (χ1) is 8.75. The molecule has 0 spiro atoms. The first kappa shape index (κ1) is 13.5. The summed E-state index contributed by atoms with van der Waals surface area (Å²) in [6.07, 6.45) is 5.63. The van der Waals surface area contributed by atoms with E-state index in [0.717, 1.165) is 38.5 Å². The van der Waals surface area contributed by atoms with E-state index in [1.807, 2.05) is 4.68 Å². The molecule has 1 aliphatic rings. The lowest BCUT2D eigenvalue weighted by Gasteiger charge is -2.11. The Labute approximate surface area is 109 Å². The lowest BCUT2D eigenvalue weighted by Crippen LogP contribution is -2.22. The van der Waals surface area contributed by atoms with Crippen LogP contribution in [-0.2, 0) is 17.8 Å². The van der Waals surface area contributed by atoms with Crippen LogP contribution in [0.4, 0.5) is 0 Å². The third-order valence-electron chi connectivity index (χ3n) is 3.18. The molecule has 0 bridgehead atoms. The Kier molecular flexibility index (Phi) is 5.13. The summed E-state index contributed by atoms with van der Waals surface area (Å²) < 4.78 is 7.58. The van der Waals surface area contributed by atoms with Crippen molar-refractivity contribution in [2.75, 3.05) is 13.2 Å². The highest BCUT2D eigenvalue weighted by atomic mass is 16.5. The topological polar surface area (TPSA) is 52.0 Å². The zero-order valence-corrected chi connectivity index (χ0v) is 11.4. The monoisotopic (exact) mass is 252 g/mol. The van der Waals surface area contributed by atoms with E-state index in [1.165, 1.54) is 12.8 Å². The fraction of sp³-hybridized carbons (Fsp3) is 0.846. The van der Waals surface area contributed by atoms with Gasteiger partial charge in [-0.05, 0) is 31.7 Å². The van der Waals surface area contributed by atoms with Gasteiger partial charge < -0.3 is 10.1 Å². The minimum Gasteiger partial charge on any atom is -0.378 e. The van der Waals surface area contributed by atoms with Gasteiger partial charge in [0.2, 0.25) is 0 Å². The third-order valence-corrected chi connectivity index (χ3v) is 3.18. The van der Waals surface area contributed by atoms with Gasteiger partial charge in [0.25, 0.3) is 0 Å². The lowest BCUT2D eigenvalue weighted by atomic mass is 10.2. The van der Waals surface area contributed by atoms with E-state index in [2.05, 4.69) is 29.2 Å². The number of nitrogens with zero attached hydrogens (tertiary/aromatic N) is 3. The normalized spacial score (nSPS) is 19.8. The molecule has 0 saturated carbocycles. The van der Waals surface area contributed by atoms with Crippen molar-refractivity contribution >= 4 is 0 Å². The van der Waals surface area contributed by atoms with Crippen molar-refractivity contribution in [3.8, 4) is 0 Å². The van der Waals surface area contributed by atoms with E-state index < -0.39 is 0 Å². The van der Waals surface area contributed by atoms with Gasteiger partial charge in [0.1, 0.15) is 12.2 Å². The summed E-state index contributed by atoms with van der Waals surface area (Å²) in [6.45, 7) is 8.03. The maximum absolute atomic E-state index is 5.59. The maximum atomic E-state index is 5.59. The van der Waals surface area contributed by atoms with Crippen molar-refractivity contribution in [3.05, 3.63) is 12.2 Å². The zero-order chi connectivity index (χ0) is 12.8. The summed E-state index contributed by atoms with van der Waals surface area (Å²) in [5.41, 5.74) is 0. The Morgan fingerprint density at radius 3 is 3.17 bits per heavy atom. The molecule has 0 aliphatic carbocycles. The van der Waals surface area contributed by atoms with Gasteiger partial charge in [-0.1, -0.05) is 13.8 Å². The van der Waals surface area contributed by atoms with Crippen LogP contribution in [0.1, 0.15) is 38.9 Å². The van der Waals surface area contributed by atoms with Crippen LogP contribution in [0.5, 0.6) is 0 Å². The molecule has 1 atom stereocenters. The van der Waals surface area contributed by atoms with Crippen LogP contribution < -0.4 is 5.32 Å². The summed E-state index contributed by atoms with van der Waals surface area (Å²) in [5.74, 6) is 1.62. The van der Waals surface area contributed by atoms with Gasteiger partial charge in [-0.3, -0.25) is 0 Å². The van der Waals surface area contributed by atoms with Crippen molar-refractivity contribution in [1.82, 2.24) is 20.1 Å². The Morgan fingerprint density at radius 2 is 2.44 bits per heavy atom. The second kappa shape index (κ2) is 6.85. The molecule has 1 aromatic heterocycles. The summed E-state index contributed by atoms with van der Waals surface area (Å²) in [6, 6.07) is 0. The van der Waals surface area contributed by atoms with Crippen LogP contribution in [0.2, 0.25) is 0 Å². The van der Waals surface area contributed by atoms with Crippen LogP contribution in [-0.4, -0.2) is 34.0 Å². The molecule has 18 heavy (non-hydrogen) atoms. The summed E-state index contributed by atoms with van der Waals surface area (Å²) in [4.78, 5) is 4.30. The minimum atomic E-state index is 0.464. The predicted molar refractivity (Wildman–Crippen MR) is 70.2 cm³/mol. The molecular weight excluding hydrogens is 228 g/mol. The Morgan fingerprint density at radius 1 is 1.56 bits per heavy atom. The van der Waals surface area contributed by atoms with Gasteiger partial charge in [-0.25, -0.2) is 9.67 Å². The molecule has 0 amide bonds. The Bertz CT molecular complexity index is 345. The van der Waals surface area contributed by atoms with Gasteiger partial charge in [0, 0.05) is 13.2 Å². The molecule has 5 heteroatoms. The number of nitrogens with one attached hydrogen (secondary N) is 1. The van der Waals surface area contributed by atoms with E-state index in [1.54, 1.807) is 6.33 Å². The van der Waals surface area contributed by atoms with Crippen LogP contribution in [0.3, 0.4) is 0 Å². The first-order valence-electron chi connectivity index (χ1n) is 6.94. The average molecular weight is 252 g/mol. The molecule has 1 saturated heterocycles. The average Bonchev–Trinajstić information content (AvgIpc) is 2.95. The third kappa shape index (κ3) is 4.07. The van der Waals surface area contributed by atoms with Crippen molar-refractivity contribution in [2.24, 2.45) is 5.92 Å². The molecular formula is C13H24N4O. The lowest BCUT2D eigenvalue weighted by molar-refractivity contribution is 0.104. The van der Waals surface area contributed by atoms with Gasteiger partial charge in [0.15, 0.2) is 0 Å². The van der Waals surface area contributed by atoms with Gasteiger partial charge in [-0.2, -0.15) is 5.10 Å². The highest BCUT2D eigenvalue weighted by Crippen LogP contribution is 2.14. The van der Waals surface area contributed by atoms with E-state index in [-0.39, 0.29) is 0 Å². The highest BCUT2D eigenvalue weighted by molar-refractivity contribution is 4.84. The molecule has 0 radical (unpaired) electrons. The molecule has 1 fully saturated rings. The molecule has 2 heterocycles. The van der Waals surface area contributed by atoms with Crippen molar-refractivity contribution < 1.29 is 4.74 Å². The first-order valence-corrected chi connectivity index (χ1v) is 6.94. The summed E-state index contributed by atoms with van der Waals surface area (Å²) in [5, 5.41) is 7.68. The molecule has 102 valence electrons. The number of rotatable bonds is 7. The largest absolute Gasteiger partial charge is 0.378 e. The molecule has 1 N–H and O–H groups in total.